The van der Waals surface area contributed by atoms with E-state index in [-0.39, 0.29) is 11.6 Å². The summed E-state index contributed by atoms with van der Waals surface area (Å²) in [6, 6.07) is 0. The van der Waals surface area contributed by atoms with Gasteiger partial charge in [0.2, 0.25) is 5.91 Å². The number of hydrogen-bond acceptors (Lipinski definition) is 5. The van der Waals surface area contributed by atoms with Gasteiger partial charge in [-0.1, -0.05) is 6.42 Å². The zero-order chi connectivity index (χ0) is 13.2. The molecule has 1 aliphatic heterocycles. The number of carbonyl (C=O) groups is 1. The SMILES string of the molecule is O=C(Nc1nc(CCl)cs1)C1CCCCS1(=O)=O. The van der Waals surface area contributed by atoms with Crippen molar-refractivity contribution in [3.05, 3.63) is 11.1 Å². The van der Waals surface area contributed by atoms with E-state index >= 15 is 0 Å². The maximum Gasteiger partial charge on any atom is 0.244 e. The van der Waals surface area contributed by atoms with Crippen LogP contribution in [0, 0.1) is 0 Å². The molecule has 0 radical (unpaired) electrons. The Balaban J connectivity index is 2.07. The van der Waals surface area contributed by atoms with Crippen molar-refractivity contribution < 1.29 is 13.2 Å². The van der Waals surface area contributed by atoms with Gasteiger partial charge in [-0.15, -0.1) is 22.9 Å². The van der Waals surface area contributed by atoms with E-state index < -0.39 is 21.0 Å². The summed E-state index contributed by atoms with van der Waals surface area (Å²) in [4.78, 5) is 16.0. The van der Waals surface area contributed by atoms with E-state index in [4.69, 9.17) is 11.6 Å². The minimum atomic E-state index is -3.30. The molecule has 100 valence electrons. The summed E-state index contributed by atoms with van der Waals surface area (Å²) in [7, 11) is -3.30. The van der Waals surface area contributed by atoms with Gasteiger partial charge in [-0.25, -0.2) is 13.4 Å². The lowest BCUT2D eigenvalue weighted by atomic mass is 10.2. The summed E-state index contributed by atoms with van der Waals surface area (Å²) >= 11 is 6.85. The van der Waals surface area contributed by atoms with Crippen LogP contribution in [0.1, 0.15) is 25.0 Å². The van der Waals surface area contributed by atoms with E-state index in [9.17, 15) is 13.2 Å². The van der Waals surface area contributed by atoms with E-state index in [1.807, 2.05) is 0 Å². The number of carbonyl (C=O) groups excluding carboxylic acids is 1. The normalized spacial score (nSPS) is 22.6. The monoisotopic (exact) mass is 308 g/mol. The van der Waals surface area contributed by atoms with Crippen LogP contribution in [0.2, 0.25) is 0 Å². The Labute approximate surface area is 114 Å². The molecule has 1 aromatic rings. The number of hydrogen-bond donors (Lipinski definition) is 1. The van der Waals surface area contributed by atoms with Crippen LogP contribution >= 0.6 is 22.9 Å². The van der Waals surface area contributed by atoms with E-state index in [2.05, 4.69) is 10.3 Å². The molecular formula is C10H13ClN2O3S2. The van der Waals surface area contributed by atoms with Crippen molar-refractivity contribution in [2.45, 2.75) is 30.4 Å². The molecule has 2 rings (SSSR count). The number of rotatable bonds is 3. The van der Waals surface area contributed by atoms with Crippen molar-refractivity contribution in [2.75, 3.05) is 11.1 Å². The van der Waals surface area contributed by atoms with Gasteiger partial charge in [-0.2, -0.15) is 0 Å². The third-order valence-electron chi connectivity index (χ3n) is 2.79. The Hall–Kier alpha value is -0.660. The first-order valence-electron chi connectivity index (χ1n) is 5.56. The standard InChI is InChI=1S/C10H13ClN2O3S2/c11-5-7-6-17-10(12-7)13-9(14)8-3-1-2-4-18(8,15)16/h6,8H,1-5H2,(H,12,13,14). The molecule has 1 unspecified atom stereocenters. The minimum absolute atomic E-state index is 0.0931. The predicted molar refractivity (Wildman–Crippen MR) is 71.7 cm³/mol. The second kappa shape index (κ2) is 5.54. The topological polar surface area (TPSA) is 76.1 Å². The van der Waals surface area contributed by atoms with Gasteiger partial charge in [0.1, 0.15) is 5.25 Å². The van der Waals surface area contributed by atoms with Crippen LogP contribution < -0.4 is 5.32 Å². The second-order valence-electron chi connectivity index (χ2n) is 4.12. The molecular weight excluding hydrogens is 296 g/mol. The van der Waals surface area contributed by atoms with Gasteiger partial charge in [0.25, 0.3) is 0 Å². The fourth-order valence-electron chi connectivity index (χ4n) is 1.86. The van der Waals surface area contributed by atoms with Crippen LogP contribution in [0.4, 0.5) is 5.13 Å². The van der Waals surface area contributed by atoms with Crippen molar-refractivity contribution in [3.8, 4) is 0 Å². The fraction of sp³-hybridized carbons (Fsp3) is 0.600. The summed E-state index contributed by atoms with van der Waals surface area (Å²) in [5.41, 5.74) is 0.670. The molecule has 1 aromatic heterocycles. The number of halogens is 1. The average molecular weight is 309 g/mol. The summed E-state index contributed by atoms with van der Waals surface area (Å²) in [5, 5.41) is 3.75. The first kappa shape index (κ1) is 13.8. The molecule has 8 heteroatoms. The first-order valence-corrected chi connectivity index (χ1v) is 8.68. The van der Waals surface area contributed by atoms with Gasteiger partial charge in [0, 0.05) is 5.38 Å². The molecule has 1 N–H and O–H groups in total. The fourth-order valence-corrected chi connectivity index (χ4v) is 4.60. The van der Waals surface area contributed by atoms with Crippen LogP contribution in [-0.4, -0.2) is 30.3 Å². The molecule has 1 aliphatic rings. The number of alkyl halides is 1. The summed E-state index contributed by atoms with van der Waals surface area (Å²) < 4.78 is 23.6. The molecule has 0 aromatic carbocycles. The molecule has 1 amide bonds. The third-order valence-corrected chi connectivity index (χ3v) is 6.04. The van der Waals surface area contributed by atoms with Crippen molar-refractivity contribution in [1.82, 2.24) is 4.98 Å². The van der Waals surface area contributed by atoms with Crippen molar-refractivity contribution >= 4 is 43.8 Å². The Morgan fingerprint density at radius 3 is 2.94 bits per heavy atom. The van der Waals surface area contributed by atoms with Gasteiger partial charge in [0.15, 0.2) is 15.0 Å². The minimum Gasteiger partial charge on any atom is -0.301 e. The predicted octanol–water partition coefficient (Wildman–Crippen LogP) is 1.79. The van der Waals surface area contributed by atoms with Gasteiger partial charge in [-0.05, 0) is 12.8 Å². The van der Waals surface area contributed by atoms with Crippen LogP contribution in [0.25, 0.3) is 0 Å². The number of sulfone groups is 1. The van der Waals surface area contributed by atoms with E-state index in [0.717, 1.165) is 6.42 Å². The molecule has 0 bridgehead atoms. The summed E-state index contributed by atoms with van der Waals surface area (Å²) in [6.07, 6.45) is 1.80. The van der Waals surface area contributed by atoms with Crippen molar-refractivity contribution in [3.63, 3.8) is 0 Å². The maximum absolute atomic E-state index is 11.9. The Morgan fingerprint density at radius 1 is 1.56 bits per heavy atom. The summed E-state index contributed by atoms with van der Waals surface area (Å²) in [6.45, 7) is 0. The molecule has 2 heterocycles. The van der Waals surface area contributed by atoms with Crippen molar-refractivity contribution in [2.24, 2.45) is 0 Å². The van der Waals surface area contributed by atoms with E-state index in [1.54, 1.807) is 5.38 Å². The first-order chi connectivity index (χ1) is 8.53. The largest absolute Gasteiger partial charge is 0.301 e. The second-order valence-corrected chi connectivity index (χ2v) is 7.55. The lowest BCUT2D eigenvalue weighted by Crippen LogP contribution is -2.39. The smallest absolute Gasteiger partial charge is 0.244 e. The quantitative estimate of drug-likeness (QED) is 0.864. The number of amides is 1. The Morgan fingerprint density at radius 2 is 2.33 bits per heavy atom. The molecule has 0 spiro atoms. The van der Waals surface area contributed by atoms with Gasteiger partial charge in [0.05, 0.1) is 17.3 Å². The van der Waals surface area contributed by atoms with E-state index in [1.165, 1.54) is 11.3 Å². The lowest BCUT2D eigenvalue weighted by Gasteiger charge is -2.20. The number of thiazole rings is 1. The van der Waals surface area contributed by atoms with E-state index in [0.29, 0.717) is 23.7 Å². The van der Waals surface area contributed by atoms with Crippen LogP contribution in [0.3, 0.4) is 0 Å². The number of anilines is 1. The molecule has 1 saturated heterocycles. The number of nitrogens with one attached hydrogen (secondary N) is 1. The molecule has 18 heavy (non-hydrogen) atoms. The van der Waals surface area contributed by atoms with Crippen LogP contribution in [0.15, 0.2) is 5.38 Å². The van der Waals surface area contributed by atoms with Gasteiger partial charge >= 0.3 is 0 Å². The van der Waals surface area contributed by atoms with Gasteiger partial charge < -0.3 is 5.32 Å². The highest BCUT2D eigenvalue weighted by Crippen LogP contribution is 2.22. The lowest BCUT2D eigenvalue weighted by molar-refractivity contribution is -0.116. The van der Waals surface area contributed by atoms with Crippen LogP contribution in [-0.2, 0) is 20.5 Å². The van der Waals surface area contributed by atoms with Crippen molar-refractivity contribution in [1.29, 1.82) is 0 Å². The van der Waals surface area contributed by atoms with Crippen LogP contribution in [0.5, 0.6) is 0 Å². The molecule has 1 atom stereocenters. The Bertz CT molecular complexity index is 541. The zero-order valence-corrected chi connectivity index (χ0v) is 11.9. The zero-order valence-electron chi connectivity index (χ0n) is 9.56. The molecule has 5 nitrogen and oxygen atoms in total. The highest BCUT2D eigenvalue weighted by molar-refractivity contribution is 7.92. The Kier molecular flexibility index (Phi) is 4.24. The molecule has 0 saturated carbocycles. The third kappa shape index (κ3) is 3.02. The summed E-state index contributed by atoms with van der Waals surface area (Å²) in [5.74, 6) is -0.116. The average Bonchev–Trinajstić information content (AvgIpc) is 2.76. The molecule has 1 fully saturated rings. The highest BCUT2D eigenvalue weighted by Gasteiger charge is 2.35. The van der Waals surface area contributed by atoms with Gasteiger partial charge in [-0.3, -0.25) is 4.79 Å². The maximum atomic E-state index is 11.9. The molecule has 0 aliphatic carbocycles. The number of aromatic nitrogens is 1. The number of nitrogens with zero attached hydrogens (tertiary/aromatic N) is 1. The highest BCUT2D eigenvalue weighted by atomic mass is 35.5.